The monoisotopic (exact) mass is 376 g/mol. The van der Waals surface area contributed by atoms with Gasteiger partial charge in [0.2, 0.25) is 0 Å². The molecule has 0 spiro atoms. The molecule has 0 bridgehead atoms. The summed E-state index contributed by atoms with van der Waals surface area (Å²) in [5.74, 6) is 2.47. The molecule has 2 aromatic heterocycles. The van der Waals surface area contributed by atoms with Gasteiger partial charge in [0.15, 0.2) is 0 Å². The van der Waals surface area contributed by atoms with E-state index < -0.39 is 0 Å². The number of aryl methyl sites for hydroxylation is 1. The molecule has 1 aliphatic rings. The molecule has 28 heavy (non-hydrogen) atoms. The van der Waals surface area contributed by atoms with Crippen molar-refractivity contribution in [2.24, 2.45) is 0 Å². The van der Waals surface area contributed by atoms with E-state index in [-0.39, 0.29) is 5.91 Å². The van der Waals surface area contributed by atoms with Crippen molar-refractivity contribution in [1.29, 1.82) is 0 Å². The maximum atomic E-state index is 13.1. The van der Waals surface area contributed by atoms with Crippen LogP contribution in [0.15, 0.2) is 42.6 Å². The molecule has 4 rings (SSSR count). The molecular formula is C21H24N6O. The van der Waals surface area contributed by atoms with E-state index in [4.69, 9.17) is 0 Å². The number of fused-ring (bicyclic) bond motifs is 1. The third-order valence-corrected chi connectivity index (χ3v) is 4.95. The second-order valence-corrected chi connectivity index (χ2v) is 6.85. The van der Waals surface area contributed by atoms with Crippen LogP contribution < -0.4 is 10.2 Å². The summed E-state index contributed by atoms with van der Waals surface area (Å²) < 4.78 is 0. The van der Waals surface area contributed by atoms with Gasteiger partial charge in [0, 0.05) is 50.4 Å². The van der Waals surface area contributed by atoms with Gasteiger partial charge in [0.1, 0.15) is 23.2 Å². The molecule has 0 atom stereocenters. The maximum absolute atomic E-state index is 13.1. The fourth-order valence-corrected chi connectivity index (χ4v) is 3.56. The van der Waals surface area contributed by atoms with Gasteiger partial charge in [0.05, 0.1) is 0 Å². The van der Waals surface area contributed by atoms with Gasteiger partial charge in [-0.3, -0.25) is 9.78 Å². The third kappa shape index (κ3) is 3.60. The van der Waals surface area contributed by atoms with Crippen LogP contribution in [0.25, 0.3) is 10.8 Å². The van der Waals surface area contributed by atoms with Gasteiger partial charge in [-0.05, 0) is 25.3 Å². The predicted octanol–water partition coefficient (Wildman–Crippen LogP) is 2.73. The van der Waals surface area contributed by atoms with Gasteiger partial charge in [-0.1, -0.05) is 24.3 Å². The van der Waals surface area contributed by atoms with Gasteiger partial charge in [-0.2, -0.15) is 0 Å². The van der Waals surface area contributed by atoms with Gasteiger partial charge < -0.3 is 15.1 Å². The van der Waals surface area contributed by atoms with Crippen LogP contribution in [-0.4, -0.2) is 58.5 Å². The average molecular weight is 376 g/mol. The Morgan fingerprint density at radius 2 is 1.89 bits per heavy atom. The summed E-state index contributed by atoms with van der Waals surface area (Å²) in [5.41, 5.74) is 0.527. The Hall–Kier alpha value is -3.22. The lowest BCUT2D eigenvalue weighted by molar-refractivity contribution is 0.0743. The summed E-state index contributed by atoms with van der Waals surface area (Å²) in [6.07, 6.45) is 1.71. The van der Waals surface area contributed by atoms with E-state index in [1.54, 1.807) is 6.20 Å². The summed E-state index contributed by atoms with van der Waals surface area (Å²) >= 11 is 0. The molecule has 3 aromatic rings. The number of pyridine rings is 1. The highest BCUT2D eigenvalue weighted by atomic mass is 16.2. The normalized spacial score (nSPS) is 14.4. The molecule has 1 aromatic carbocycles. The minimum Gasteiger partial charge on any atom is -0.370 e. The van der Waals surface area contributed by atoms with E-state index in [1.165, 1.54) is 0 Å². The lowest BCUT2D eigenvalue weighted by Gasteiger charge is -2.35. The Kier molecular flexibility index (Phi) is 5.06. The molecular weight excluding hydrogens is 352 g/mol. The summed E-state index contributed by atoms with van der Waals surface area (Å²) in [7, 11) is 0. The van der Waals surface area contributed by atoms with E-state index in [2.05, 4.69) is 25.2 Å². The Morgan fingerprint density at radius 1 is 1.11 bits per heavy atom. The second-order valence-electron chi connectivity index (χ2n) is 6.85. The SMILES string of the molecule is CCNc1cc(N2CCN(C(=O)c3nccc4ccccc34)CC2)nc(C)n1. The maximum Gasteiger partial charge on any atom is 0.273 e. The Balaban J connectivity index is 1.49. The van der Waals surface area contributed by atoms with E-state index in [9.17, 15) is 4.79 Å². The Morgan fingerprint density at radius 3 is 2.68 bits per heavy atom. The number of rotatable bonds is 4. The number of nitrogens with zero attached hydrogens (tertiary/aromatic N) is 5. The zero-order valence-electron chi connectivity index (χ0n) is 16.2. The van der Waals surface area contributed by atoms with Crippen LogP contribution in [0.5, 0.6) is 0 Å². The number of benzene rings is 1. The molecule has 1 amide bonds. The minimum absolute atomic E-state index is 0.0105. The zero-order valence-corrected chi connectivity index (χ0v) is 16.2. The van der Waals surface area contributed by atoms with Crippen molar-refractivity contribution in [2.75, 3.05) is 42.9 Å². The lowest BCUT2D eigenvalue weighted by Crippen LogP contribution is -2.49. The van der Waals surface area contributed by atoms with Crippen LogP contribution in [0.1, 0.15) is 23.2 Å². The first-order valence-electron chi connectivity index (χ1n) is 9.63. The number of carbonyl (C=O) groups is 1. The summed E-state index contributed by atoms with van der Waals surface area (Å²) in [6, 6.07) is 11.8. The minimum atomic E-state index is -0.0105. The lowest BCUT2D eigenvalue weighted by atomic mass is 10.1. The molecule has 1 aliphatic heterocycles. The first-order chi connectivity index (χ1) is 13.7. The summed E-state index contributed by atoms with van der Waals surface area (Å²) in [6.45, 7) is 7.51. The van der Waals surface area contributed by atoms with E-state index in [0.29, 0.717) is 18.8 Å². The molecule has 144 valence electrons. The molecule has 0 radical (unpaired) electrons. The molecule has 0 aliphatic carbocycles. The molecule has 1 saturated heterocycles. The standard InChI is InChI=1S/C21H24N6O/c1-3-22-18-14-19(25-15(2)24-18)26-10-12-27(13-11-26)21(28)20-17-7-5-4-6-16(17)8-9-23-20/h4-9,14H,3,10-13H2,1-2H3,(H,22,24,25). The van der Waals surface area contributed by atoms with Crippen molar-refractivity contribution in [1.82, 2.24) is 19.9 Å². The highest BCUT2D eigenvalue weighted by molar-refractivity contribution is 6.05. The quantitative estimate of drug-likeness (QED) is 0.755. The predicted molar refractivity (Wildman–Crippen MR) is 111 cm³/mol. The Labute approximate surface area is 164 Å². The molecule has 7 heteroatoms. The van der Waals surface area contributed by atoms with Crippen LogP contribution in [-0.2, 0) is 0 Å². The number of hydrogen-bond acceptors (Lipinski definition) is 6. The fraction of sp³-hybridized carbons (Fsp3) is 0.333. The van der Waals surface area contributed by atoms with Crippen molar-refractivity contribution in [2.45, 2.75) is 13.8 Å². The number of aromatic nitrogens is 3. The highest BCUT2D eigenvalue weighted by Gasteiger charge is 2.25. The van der Waals surface area contributed by atoms with Crippen molar-refractivity contribution in [3.63, 3.8) is 0 Å². The topological polar surface area (TPSA) is 74.2 Å². The number of piperazine rings is 1. The van der Waals surface area contributed by atoms with E-state index in [1.807, 2.05) is 55.1 Å². The van der Waals surface area contributed by atoms with Crippen LogP contribution in [0.4, 0.5) is 11.6 Å². The van der Waals surface area contributed by atoms with Crippen molar-refractivity contribution >= 4 is 28.3 Å². The summed E-state index contributed by atoms with van der Waals surface area (Å²) in [5, 5.41) is 5.18. The van der Waals surface area contributed by atoms with Crippen molar-refractivity contribution in [3.8, 4) is 0 Å². The van der Waals surface area contributed by atoms with Gasteiger partial charge >= 0.3 is 0 Å². The molecule has 7 nitrogen and oxygen atoms in total. The summed E-state index contributed by atoms with van der Waals surface area (Å²) in [4.78, 5) is 30.5. The molecule has 3 heterocycles. The molecule has 0 saturated carbocycles. The van der Waals surface area contributed by atoms with Gasteiger partial charge in [-0.25, -0.2) is 9.97 Å². The third-order valence-electron chi connectivity index (χ3n) is 4.95. The highest BCUT2D eigenvalue weighted by Crippen LogP contribution is 2.21. The fourth-order valence-electron chi connectivity index (χ4n) is 3.56. The first kappa shape index (κ1) is 18.2. The van der Waals surface area contributed by atoms with Crippen LogP contribution in [0, 0.1) is 6.92 Å². The first-order valence-corrected chi connectivity index (χ1v) is 9.63. The Bertz CT molecular complexity index is 992. The van der Waals surface area contributed by atoms with Gasteiger partial charge in [0.25, 0.3) is 5.91 Å². The smallest absolute Gasteiger partial charge is 0.273 e. The average Bonchev–Trinajstić information content (AvgIpc) is 2.73. The number of amides is 1. The van der Waals surface area contributed by atoms with Crippen molar-refractivity contribution < 1.29 is 4.79 Å². The van der Waals surface area contributed by atoms with E-state index >= 15 is 0 Å². The molecule has 1 fully saturated rings. The van der Waals surface area contributed by atoms with Crippen LogP contribution >= 0.6 is 0 Å². The number of anilines is 2. The number of carbonyl (C=O) groups excluding carboxylic acids is 1. The molecule has 0 unspecified atom stereocenters. The van der Waals surface area contributed by atoms with Crippen LogP contribution in [0.2, 0.25) is 0 Å². The van der Waals surface area contributed by atoms with Crippen molar-refractivity contribution in [3.05, 3.63) is 54.1 Å². The number of nitrogens with one attached hydrogen (secondary N) is 1. The zero-order chi connectivity index (χ0) is 19.5. The van der Waals surface area contributed by atoms with E-state index in [0.717, 1.165) is 47.9 Å². The number of hydrogen-bond donors (Lipinski definition) is 1. The largest absolute Gasteiger partial charge is 0.370 e. The van der Waals surface area contributed by atoms with Gasteiger partial charge in [-0.15, -0.1) is 0 Å². The molecule has 1 N–H and O–H groups in total. The van der Waals surface area contributed by atoms with Crippen LogP contribution in [0.3, 0.4) is 0 Å². The second kappa shape index (κ2) is 7.80.